The van der Waals surface area contributed by atoms with E-state index in [4.69, 9.17) is 10.5 Å². The summed E-state index contributed by atoms with van der Waals surface area (Å²) >= 11 is 0. The lowest BCUT2D eigenvalue weighted by atomic mass is 10.2. The third kappa shape index (κ3) is 3.63. The maximum atomic E-state index is 11.2. The Morgan fingerprint density at radius 3 is 2.69 bits per heavy atom. The van der Waals surface area contributed by atoms with E-state index in [9.17, 15) is 4.79 Å². The summed E-state index contributed by atoms with van der Waals surface area (Å²) < 4.78 is 4.98. The molecule has 1 rings (SSSR count). The lowest BCUT2D eigenvalue weighted by molar-refractivity contribution is -0.148. The summed E-state index contributed by atoms with van der Waals surface area (Å²) in [7, 11) is 0. The summed E-state index contributed by atoms with van der Waals surface area (Å²) in [4.78, 5) is 15.2. The number of nitrogens with two attached hydrogens (primary N) is 1. The fourth-order valence-corrected chi connectivity index (χ4v) is 1.10. The van der Waals surface area contributed by atoms with Gasteiger partial charge in [-0.1, -0.05) is 0 Å². The zero-order chi connectivity index (χ0) is 9.14. The number of esters is 1. The van der Waals surface area contributed by atoms with Crippen molar-refractivity contribution in [3.8, 4) is 0 Å². The van der Waals surface area contributed by atoms with Crippen molar-refractivity contribution in [2.24, 2.45) is 10.7 Å². The summed E-state index contributed by atoms with van der Waals surface area (Å²) in [5, 5.41) is 0. The predicted molar refractivity (Wildman–Crippen MR) is 53.1 cm³/mol. The van der Waals surface area contributed by atoms with Crippen LogP contribution in [0.1, 0.15) is 26.7 Å². The Bertz CT molecular complexity index is 216. The Labute approximate surface area is 84.0 Å². The van der Waals surface area contributed by atoms with Gasteiger partial charge in [-0.15, -0.1) is 12.4 Å². The minimum atomic E-state index is -0.354. The molecule has 1 heterocycles. The molecule has 1 aliphatic heterocycles. The zero-order valence-corrected chi connectivity index (χ0v) is 8.63. The number of halogens is 1. The molecule has 13 heavy (non-hydrogen) atoms. The number of carbonyl (C=O) groups is 1. The molecule has 0 saturated carbocycles. The van der Waals surface area contributed by atoms with E-state index in [2.05, 4.69) is 4.99 Å². The molecule has 0 bridgehead atoms. The maximum absolute atomic E-state index is 11.2. The Morgan fingerprint density at radius 1 is 1.69 bits per heavy atom. The topological polar surface area (TPSA) is 64.7 Å². The summed E-state index contributed by atoms with van der Waals surface area (Å²) in [6, 6.07) is -0.354. The number of ether oxygens (including phenoxy) is 1. The van der Waals surface area contributed by atoms with E-state index in [1.165, 1.54) is 0 Å². The second-order valence-electron chi connectivity index (χ2n) is 3.16. The van der Waals surface area contributed by atoms with E-state index < -0.39 is 0 Å². The largest absolute Gasteiger partial charge is 0.461 e. The Balaban J connectivity index is 0.00000144. The van der Waals surface area contributed by atoms with Crippen LogP contribution in [-0.4, -0.2) is 24.0 Å². The van der Waals surface area contributed by atoms with Crippen molar-refractivity contribution in [1.82, 2.24) is 0 Å². The van der Waals surface area contributed by atoms with E-state index in [1.807, 2.05) is 13.8 Å². The van der Waals surface area contributed by atoms with Gasteiger partial charge in [0.15, 0.2) is 0 Å². The summed E-state index contributed by atoms with van der Waals surface area (Å²) in [5.41, 5.74) is 5.44. The number of amidine groups is 1. The van der Waals surface area contributed by atoms with E-state index in [0.29, 0.717) is 18.7 Å². The van der Waals surface area contributed by atoms with Crippen LogP contribution in [-0.2, 0) is 9.53 Å². The molecule has 0 aromatic carbocycles. The van der Waals surface area contributed by atoms with Gasteiger partial charge in [-0.3, -0.25) is 4.99 Å². The molecule has 0 amide bonds. The average molecular weight is 207 g/mol. The molecular formula is C8H15ClN2O2. The van der Waals surface area contributed by atoms with E-state index in [-0.39, 0.29) is 30.5 Å². The van der Waals surface area contributed by atoms with Gasteiger partial charge < -0.3 is 10.5 Å². The van der Waals surface area contributed by atoms with Crippen LogP contribution >= 0.6 is 12.4 Å². The van der Waals surface area contributed by atoms with E-state index >= 15 is 0 Å². The lowest BCUT2D eigenvalue weighted by Gasteiger charge is -2.10. The number of rotatable bonds is 2. The molecule has 0 radical (unpaired) electrons. The Hall–Kier alpha value is -0.770. The molecule has 0 aromatic rings. The highest BCUT2D eigenvalue weighted by Crippen LogP contribution is 2.12. The van der Waals surface area contributed by atoms with Crippen LogP contribution in [0.2, 0.25) is 0 Å². The number of hydrogen-bond acceptors (Lipinski definition) is 4. The first-order valence-corrected chi connectivity index (χ1v) is 4.12. The quantitative estimate of drug-likeness (QED) is 0.683. The van der Waals surface area contributed by atoms with Crippen LogP contribution in [0.4, 0.5) is 0 Å². The highest BCUT2D eigenvalue weighted by Gasteiger charge is 2.24. The van der Waals surface area contributed by atoms with Crippen LogP contribution in [0.5, 0.6) is 0 Å². The molecule has 5 heteroatoms. The van der Waals surface area contributed by atoms with E-state index in [0.717, 1.165) is 0 Å². The van der Waals surface area contributed by atoms with E-state index in [1.54, 1.807) is 0 Å². The van der Waals surface area contributed by atoms with Gasteiger partial charge in [-0.05, 0) is 20.3 Å². The first kappa shape index (κ1) is 12.2. The third-order valence-corrected chi connectivity index (χ3v) is 1.62. The highest BCUT2D eigenvalue weighted by atomic mass is 35.5. The fraction of sp³-hybridized carbons (Fsp3) is 0.750. The normalized spacial score (nSPS) is 20.8. The molecule has 4 nitrogen and oxygen atoms in total. The summed E-state index contributed by atoms with van der Waals surface area (Å²) in [6.45, 7) is 3.64. The van der Waals surface area contributed by atoms with Crippen LogP contribution in [0.15, 0.2) is 4.99 Å². The van der Waals surface area contributed by atoms with Crippen molar-refractivity contribution in [3.05, 3.63) is 0 Å². The van der Waals surface area contributed by atoms with Crippen LogP contribution in [0.25, 0.3) is 0 Å². The van der Waals surface area contributed by atoms with Crippen molar-refractivity contribution in [2.45, 2.75) is 38.8 Å². The first-order chi connectivity index (χ1) is 5.59. The van der Waals surface area contributed by atoms with Gasteiger partial charge >= 0.3 is 5.97 Å². The van der Waals surface area contributed by atoms with Crippen molar-refractivity contribution in [2.75, 3.05) is 0 Å². The zero-order valence-electron chi connectivity index (χ0n) is 7.82. The number of hydrogen-bond donors (Lipinski definition) is 1. The second-order valence-corrected chi connectivity index (χ2v) is 3.16. The van der Waals surface area contributed by atoms with Crippen molar-refractivity contribution in [1.29, 1.82) is 0 Å². The Morgan fingerprint density at radius 2 is 2.31 bits per heavy atom. The van der Waals surface area contributed by atoms with Gasteiger partial charge in [0, 0.05) is 6.42 Å². The molecule has 1 unspecified atom stereocenters. The lowest BCUT2D eigenvalue weighted by Crippen LogP contribution is -2.22. The van der Waals surface area contributed by atoms with Gasteiger partial charge in [0.1, 0.15) is 6.04 Å². The molecule has 0 fully saturated rings. The van der Waals surface area contributed by atoms with Gasteiger partial charge in [-0.2, -0.15) is 0 Å². The van der Waals surface area contributed by atoms with Gasteiger partial charge in [0.2, 0.25) is 0 Å². The number of carbonyl (C=O) groups excluding carboxylic acids is 1. The van der Waals surface area contributed by atoms with Crippen LogP contribution in [0, 0.1) is 0 Å². The molecule has 1 aliphatic rings. The van der Waals surface area contributed by atoms with Crippen LogP contribution in [0.3, 0.4) is 0 Å². The third-order valence-electron chi connectivity index (χ3n) is 1.62. The standard InChI is InChI=1S/C8H14N2O2.ClH/c1-5(2)12-8(11)6-3-4-7(9)10-6;/h5-6H,3-4H2,1-2H3,(H2,9,10);1H. The van der Waals surface area contributed by atoms with Gasteiger partial charge in [0.25, 0.3) is 0 Å². The molecule has 0 saturated heterocycles. The van der Waals surface area contributed by atoms with Crippen molar-refractivity contribution >= 4 is 24.2 Å². The molecule has 0 aromatic heterocycles. The van der Waals surface area contributed by atoms with Crippen molar-refractivity contribution in [3.63, 3.8) is 0 Å². The molecule has 2 N–H and O–H groups in total. The SMILES string of the molecule is CC(C)OC(=O)C1CCC(N)=N1.Cl. The predicted octanol–water partition coefficient (Wildman–Crippen LogP) is 0.879. The smallest absolute Gasteiger partial charge is 0.331 e. The summed E-state index contributed by atoms with van der Waals surface area (Å²) in [5.74, 6) is 0.297. The average Bonchev–Trinajstić information content (AvgIpc) is 2.34. The van der Waals surface area contributed by atoms with Crippen molar-refractivity contribution < 1.29 is 9.53 Å². The summed E-state index contributed by atoms with van der Waals surface area (Å²) in [6.07, 6.45) is 1.32. The fourth-order valence-electron chi connectivity index (χ4n) is 1.10. The van der Waals surface area contributed by atoms with Gasteiger partial charge in [-0.25, -0.2) is 4.79 Å². The highest BCUT2D eigenvalue weighted by molar-refractivity contribution is 5.88. The van der Waals surface area contributed by atoms with Crippen LogP contribution < -0.4 is 5.73 Å². The number of aliphatic imine (C=N–C) groups is 1. The van der Waals surface area contributed by atoms with Gasteiger partial charge in [0.05, 0.1) is 11.9 Å². The minimum Gasteiger partial charge on any atom is -0.461 e. The molecule has 76 valence electrons. The first-order valence-electron chi connectivity index (χ1n) is 4.12. The Kier molecular flexibility index (Phi) is 4.77. The molecule has 0 spiro atoms. The molecule has 0 aliphatic carbocycles. The maximum Gasteiger partial charge on any atom is 0.331 e. The number of nitrogens with zero attached hydrogens (tertiary/aromatic N) is 1. The molecule has 1 atom stereocenters. The molecular weight excluding hydrogens is 192 g/mol. The minimum absolute atomic E-state index is 0. The monoisotopic (exact) mass is 206 g/mol. The second kappa shape index (κ2) is 5.07.